The Labute approximate surface area is 159 Å². The van der Waals surface area contributed by atoms with Gasteiger partial charge in [-0.2, -0.15) is 0 Å². The third-order valence-corrected chi connectivity index (χ3v) is 4.71. The maximum Gasteiger partial charge on any atom is 0.171 e. The average Bonchev–Trinajstić information content (AvgIpc) is 2.92. The summed E-state index contributed by atoms with van der Waals surface area (Å²) in [6.07, 6.45) is 6.89. The van der Waals surface area contributed by atoms with Crippen LogP contribution in [0.1, 0.15) is 90.8 Å². The quantitative estimate of drug-likeness (QED) is 0.377. The Morgan fingerprint density at radius 1 is 1.15 bits per heavy atom. The van der Waals surface area contributed by atoms with E-state index in [1.165, 1.54) is 11.8 Å². The number of ketones is 2. The highest BCUT2D eigenvalue weighted by Crippen LogP contribution is 2.29. The number of furan rings is 1. The molecule has 0 saturated carbocycles. The van der Waals surface area contributed by atoms with Gasteiger partial charge in [-0.1, -0.05) is 53.2 Å². The molecule has 1 atom stereocenters. The van der Waals surface area contributed by atoms with Crippen LogP contribution in [-0.2, 0) is 11.2 Å². The highest BCUT2D eigenvalue weighted by molar-refractivity contribution is 5.99. The van der Waals surface area contributed by atoms with Gasteiger partial charge in [0.2, 0.25) is 0 Å². The molecule has 0 unspecified atom stereocenters. The van der Waals surface area contributed by atoms with Gasteiger partial charge in [-0.25, -0.2) is 0 Å². The summed E-state index contributed by atoms with van der Waals surface area (Å²) in [6, 6.07) is 1.79. The summed E-state index contributed by atoms with van der Waals surface area (Å²) in [6.45, 7) is 15.9. The molecule has 0 saturated heterocycles. The van der Waals surface area contributed by atoms with Crippen LogP contribution in [0.4, 0.5) is 0 Å². The lowest BCUT2D eigenvalue weighted by Gasteiger charge is -2.23. The molecule has 0 aliphatic carbocycles. The summed E-state index contributed by atoms with van der Waals surface area (Å²) in [4.78, 5) is 25.1. The monoisotopic (exact) mass is 360 g/mol. The number of allylic oxidation sites excluding steroid dienone is 2. The zero-order valence-electron chi connectivity index (χ0n) is 17.9. The minimum Gasteiger partial charge on any atom is -0.469 e. The molecule has 0 amide bonds. The van der Waals surface area contributed by atoms with Crippen molar-refractivity contribution in [3.63, 3.8) is 0 Å². The number of carbonyl (C=O) groups excluding carboxylic acids is 2. The first-order valence-electron chi connectivity index (χ1n) is 9.62. The molecule has 0 spiro atoms. The van der Waals surface area contributed by atoms with Gasteiger partial charge in [0.25, 0.3) is 0 Å². The molecule has 0 radical (unpaired) electrons. The molecule has 0 fully saturated rings. The SMILES string of the molecule is CC(C)=CCC[C@@H](C)CC(=O)C(C)(C)Cc1cc(C(=O)C(C)(C)C)co1. The Bertz CT molecular complexity index is 649. The van der Waals surface area contributed by atoms with Gasteiger partial charge in [0, 0.05) is 23.7 Å². The number of Topliss-reactive ketones (excluding diaryl/α,β-unsaturated/α-hetero) is 2. The first-order chi connectivity index (χ1) is 11.8. The van der Waals surface area contributed by atoms with Crippen molar-refractivity contribution in [1.82, 2.24) is 0 Å². The lowest BCUT2D eigenvalue weighted by atomic mass is 9.79. The predicted molar refractivity (Wildman–Crippen MR) is 107 cm³/mol. The average molecular weight is 361 g/mol. The molecule has 3 nitrogen and oxygen atoms in total. The van der Waals surface area contributed by atoms with Gasteiger partial charge in [0.05, 0.1) is 5.56 Å². The van der Waals surface area contributed by atoms with Crippen molar-refractivity contribution in [1.29, 1.82) is 0 Å². The van der Waals surface area contributed by atoms with Gasteiger partial charge < -0.3 is 4.42 Å². The minimum atomic E-state index is -0.495. The standard InChI is InChI=1S/C23H36O3/c1-16(2)10-9-11-17(3)12-20(24)23(7,8)14-19-13-18(15-26-19)21(25)22(4,5)6/h10,13,15,17H,9,11-12,14H2,1-8H3/t17-/m1/s1. The molecule has 1 aromatic rings. The molecular weight excluding hydrogens is 324 g/mol. The van der Waals surface area contributed by atoms with Crippen molar-refractivity contribution in [2.24, 2.45) is 16.7 Å². The molecule has 0 aliphatic heterocycles. The van der Waals surface area contributed by atoms with E-state index in [1.54, 1.807) is 6.07 Å². The first kappa shape index (κ1) is 22.4. The maximum absolute atomic E-state index is 12.8. The molecule has 3 heteroatoms. The second kappa shape index (κ2) is 8.83. The summed E-state index contributed by atoms with van der Waals surface area (Å²) < 4.78 is 5.58. The summed E-state index contributed by atoms with van der Waals surface area (Å²) in [7, 11) is 0. The Morgan fingerprint density at radius 2 is 1.77 bits per heavy atom. The lowest BCUT2D eigenvalue weighted by Crippen LogP contribution is -2.28. The van der Waals surface area contributed by atoms with Crippen LogP contribution in [0.5, 0.6) is 0 Å². The minimum absolute atomic E-state index is 0.0597. The van der Waals surface area contributed by atoms with E-state index in [-0.39, 0.29) is 11.6 Å². The Hall–Kier alpha value is -1.64. The van der Waals surface area contributed by atoms with Crippen LogP contribution in [0, 0.1) is 16.7 Å². The molecular formula is C23H36O3. The Kier molecular flexibility index (Phi) is 7.61. The van der Waals surface area contributed by atoms with E-state index in [1.807, 2.05) is 34.6 Å². The van der Waals surface area contributed by atoms with Crippen LogP contribution in [0.2, 0.25) is 0 Å². The van der Waals surface area contributed by atoms with Crippen molar-refractivity contribution >= 4 is 11.6 Å². The molecule has 1 heterocycles. The van der Waals surface area contributed by atoms with Gasteiger partial charge in [-0.15, -0.1) is 0 Å². The molecule has 26 heavy (non-hydrogen) atoms. The third kappa shape index (κ3) is 6.93. The molecule has 1 aromatic heterocycles. The predicted octanol–water partition coefficient (Wildman–Crippen LogP) is 6.42. The smallest absolute Gasteiger partial charge is 0.171 e. The largest absolute Gasteiger partial charge is 0.469 e. The zero-order chi connectivity index (χ0) is 20.1. The molecule has 0 aromatic carbocycles. The van der Waals surface area contributed by atoms with E-state index in [4.69, 9.17) is 4.42 Å². The van der Waals surface area contributed by atoms with Crippen molar-refractivity contribution in [2.45, 2.75) is 81.1 Å². The van der Waals surface area contributed by atoms with E-state index in [0.29, 0.717) is 30.1 Å². The van der Waals surface area contributed by atoms with Gasteiger partial charge in [-0.3, -0.25) is 9.59 Å². The summed E-state index contributed by atoms with van der Waals surface area (Å²) in [5, 5.41) is 0. The van der Waals surface area contributed by atoms with Gasteiger partial charge in [0.15, 0.2) is 5.78 Å². The van der Waals surface area contributed by atoms with Crippen LogP contribution in [0.15, 0.2) is 28.4 Å². The Morgan fingerprint density at radius 3 is 2.31 bits per heavy atom. The molecule has 0 N–H and O–H groups in total. The van der Waals surface area contributed by atoms with Gasteiger partial charge in [0.1, 0.15) is 17.8 Å². The summed E-state index contributed by atoms with van der Waals surface area (Å²) >= 11 is 0. The highest BCUT2D eigenvalue weighted by atomic mass is 16.3. The second-order valence-electron chi connectivity index (χ2n) is 9.53. The van der Waals surface area contributed by atoms with Crippen molar-refractivity contribution in [3.8, 4) is 0 Å². The van der Waals surface area contributed by atoms with Gasteiger partial charge in [-0.05, 0) is 38.7 Å². The van der Waals surface area contributed by atoms with Crippen LogP contribution in [0.3, 0.4) is 0 Å². The maximum atomic E-state index is 12.8. The van der Waals surface area contributed by atoms with Crippen LogP contribution in [0.25, 0.3) is 0 Å². The van der Waals surface area contributed by atoms with Gasteiger partial charge >= 0.3 is 0 Å². The van der Waals surface area contributed by atoms with Crippen LogP contribution >= 0.6 is 0 Å². The number of carbonyl (C=O) groups is 2. The van der Waals surface area contributed by atoms with E-state index < -0.39 is 10.8 Å². The second-order valence-corrected chi connectivity index (χ2v) is 9.53. The van der Waals surface area contributed by atoms with Crippen LogP contribution in [-0.4, -0.2) is 11.6 Å². The normalized spacial score (nSPS) is 13.4. The Balaban J connectivity index is 2.68. The van der Waals surface area contributed by atoms with E-state index in [9.17, 15) is 9.59 Å². The number of rotatable bonds is 9. The fourth-order valence-electron chi connectivity index (χ4n) is 2.91. The van der Waals surface area contributed by atoms with Crippen molar-refractivity contribution in [2.75, 3.05) is 0 Å². The van der Waals surface area contributed by atoms with E-state index in [2.05, 4.69) is 26.8 Å². The molecule has 0 bridgehead atoms. The number of hydrogen-bond acceptors (Lipinski definition) is 3. The molecule has 1 rings (SSSR count). The van der Waals surface area contributed by atoms with Crippen molar-refractivity contribution < 1.29 is 14.0 Å². The molecule has 0 aliphatic rings. The fourth-order valence-corrected chi connectivity index (χ4v) is 2.91. The zero-order valence-corrected chi connectivity index (χ0v) is 17.9. The molecule has 146 valence electrons. The number of hydrogen-bond donors (Lipinski definition) is 0. The van der Waals surface area contributed by atoms with Crippen LogP contribution < -0.4 is 0 Å². The third-order valence-electron chi connectivity index (χ3n) is 4.71. The fraction of sp³-hybridized carbons (Fsp3) is 0.652. The topological polar surface area (TPSA) is 47.3 Å². The van der Waals surface area contributed by atoms with E-state index >= 15 is 0 Å². The van der Waals surface area contributed by atoms with E-state index in [0.717, 1.165) is 12.8 Å². The van der Waals surface area contributed by atoms with Crippen molar-refractivity contribution in [3.05, 3.63) is 35.3 Å². The highest BCUT2D eigenvalue weighted by Gasteiger charge is 2.31. The summed E-state index contributed by atoms with van der Waals surface area (Å²) in [5.41, 5.74) is 0.978. The first-order valence-corrected chi connectivity index (χ1v) is 9.62. The lowest BCUT2D eigenvalue weighted by molar-refractivity contribution is -0.128. The summed E-state index contributed by atoms with van der Waals surface area (Å²) in [5.74, 6) is 1.38.